The number of nitrogens with one attached hydrogen (secondary N) is 2. The van der Waals surface area contributed by atoms with Crippen LogP contribution in [0.25, 0.3) is 0 Å². The summed E-state index contributed by atoms with van der Waals surface area (Å²) in [6.45, 7) is 2.01. The largest absolute Gasteiger partial charge is 0.326 e. The van der Waals surface area contributed by atoms with Crippen LogP contribution in [0.4, 0.5) is 5.69 Å². The lowest BCUT2D eigenvalue weighted by molar-refractivity contribution is -0.139. The topological polar surface area (TPSA) is 78.5 Å². The number of carbonyl (C=O) groups excluding carboxylic acids is 3. The van der Waals surface area contributed by atoms with Gasteiger partial charge in [0, 0.05) is 25.1 Å². The van der Waals surface area contributed by atoms with E-state index in [0.717, 1.165) is 37.2 Å². The zero-order valence-corrected chi connectivity index (χ0v) is 14.2. The molecule has 2 aliphatic heterocycles. The third-order valence-corrected chi connectivity index (χ3v) is 4.38. The molecule has 6 nitrogen and oxygen atoms in total. The van der Waals surface area contributed by atoms with Gasteiger partial charge >= 0.3 is 0 Å². The Morgan fingerprint density at radius 1 is 1.17 bits per heavy atom. The zero-order valence-electron chi connectivity index (χ0n) is 13.4. The lowest BCUT2D eigenvalue weighted by Gasteiger charge is -2.22. The van der Waals surface area contributed by atoms with Crippen LogP contribution in [0.2, 0.25) is 0 Å². The molecule has 0 aliphatic carbocycles. The second-order valence-corrected chi connectivity index (χ2v) is 6.10. The van der Waals surface area contributed by atoms with E-state index in [1.807, 2.05) is 24.3 Å². The first-order chi connectivity index (χ1) is 11.1. The van der Waals surface area contributed by atoms with Crippen LogP contribution in [0.5, 0.6) is 0 Å². The van der Waals surface area contributed by atoms with Gasteiger partial charge in [0.25, 0.3) is 0 Å². The average Bonchev–Trinajstić information content (AvgIpc) is 2.89. The summed E-state index contributed by atoms with van der Waals surface area (Å²) in [4.78, 5) is 36.7. The second kappa shape index (κ2) is 8.26. The van der Waals surface area contributed by atoms with E-state index in [9.17, 15) is 14.4 Å². The second-order valence-electron chi connectivity index (χ2n) is 6.10. The van der Waals surface area contributed by atoms with Crippen molar-refractivity contribution in [1.29, 1.82) is 0 Å². The molecule has 24 heavy (non-hydrogen) atoms. The summed E-state index contributed by atoms with van der Waals surface area (Å²) in [7, 11) is 0. The SMILES string of the molecule is Cl.O=C(Nc1ccc(CN2C(=O)CCC2=O)cc1)C1CCCNC1. The highest BCUT2D eigenvalue weighted by molar-refractivity contribution is 6.01. The van der Waals surface area contributed by atoms with Crippen molar-refractivity contribution in [3.8, 4) is 0 Å². The summed E-state index contributed by atoms with van der Waals surface area (Å²) < 4.78 is 0. The van der Waals surface area contributed by atoms with Crippen LogP contribution < -0.4 is 10.6 Å². The molecule has 0 bridgehead atoms. The van der Waals surface area contributed by atoms with Gasteiger partial charge in [0.15, 0.2) is 0 Å². The van der Waals surface area contributed by atoms with E-state index in [4.69, 9.17) is 0 Å². The monoisotopic (exact) mass is 351 g/mol. The van der Waals surface area contributed by atoms with Gasteiger partial charge in [-0.15, -0.1) is 12.4 Å². The summed E-state index contributed by atoms with van der Waals surface area (Å²) in [5, 5.41) is 6.15. The molecule has 1 aromatic rings. The van der Waals surface area contributed by atoms with Crippen molar-refractivity contribution in [1.82, 2.24) is 10.2 Å². The molecule has 3 amide bonds. The van der Waals surface area contributed by atoms with Gasteiger partial charge in [-0.2, -0.15) is 0 Å². The molecule has 1 unspecified atom stereocenters. The number of rotatable bonds is 4. The average molecular weight is 352 g/mol. The molecule has 2 fully saturated rings. The molecule has 7 heteroatoms. The molecule has 0 saturated carbocycles. The van der Waals surface area contributed by atoms with Gasteiger partial charge in [-0.05, 0) is 37.1 Å². The minimum absolute atomic E-state index is 0. The molecule has 2 aliphatic rings. The van der Waals surface area contributed by atoms with Crippen molar-refractivity contribution in [2.75, 3.05) is 18.4 Å². The number of anilines is 1. The first-order valence-corrected chi connectivity index (χ1v) is 8.07. The van der Waals surface area contributed by atoms with Gasteiger partial charge < -0.3 is 10.6 Å². The number of imide groups is 1. The van der Waals surface area contributed by atoms with Crippen LogP contribution in [-0.2, 0) is 20.9 Å². The predicted octanol–water partition coefficient (Wildman–Crippen LogP) is 1.70. The number of nitrogens with zero attached hydrogens (tertiary/aromatic N) is 1. The Morgan fingerprint density at radius 3 is 2.42 bits per heavy atom. The fourth-order valence-electron chi connectivity index (χ4n) is 3.00. The zero-order chi connectivity index (χ0) is 16.2. The van der Waals surface area contributed by atoms with Crippen molar-refractivity contribution < 1.29 is 14.4 Å². The third-order valence-electron chi connectivity index (χ3n) is 4.38. The standard InChI is InChI=1S/C17H21N3O3.ClH/c21-15-7-8-16(22)20(15)11-12-3-5-14(6-4-12)19-17(23)13-2-1-9-18-10-13;/h3-6,13,18H,1-2,7-11H2,(H,19,23);1H. The Balaban J connectivity index is 0.00000208. The first kappa shape index (κ1) is 18.4. The molecule has 1 atom stereocenters. The fourth-order valence-corrected chi connectivity index (χ4v) is 3.00. The van der Waals surface area contributed by atoms with Crippen LogP contribution in [0.15, 0.2) is 24.3 Å². The highest BCUT2D eigenvalue weighted by atomic mass is 35.5. The Hall–Kier alpha value is -1.92. The molecule has 3 rings (SSSR count). The quantitative estimate of drug-likeness (QED) is 0.809. The number of hydrogen-bond donors (Lipinski definition) is 2. The maximum absolute atomic E-state index is 12.2. The van der Waals surface area contributed by atoms with Crippen molar-refractivity contribution in [3.63, 3.8) is 0 Å². The Kier molecular flexibility index (Phi) is 6.34. The highest BCUT2D eigenvalue weighted by Gasteiger charge is 2.28. The minimum Gasteiger partial charge on any atom is -0.326 e. The lowest BCUT2D eigenvalue weighted by Crippen LogP contribution is -2.37. The molecule has 0 radical (unpaired) electrons. The van der Waals surface area contributed by atoms with Crippen LogP contribution in [-0.4, -0.2) is 35.7 Å². The number of likely N-dealkylation sites (tertiary alicyclic amines) is 1. The summed E-state index contributed by atoms with van der Waals surface area (Å²) in [5.74, 6) is -0.174. The number of piperidine rings is 1. The van der Waals surface area contributed by atoms with Gasteiger partial charge in [-0.1, -0.05) is 12.1 Å². The number of halogens is 1. The minimum atomic E-state index is -0.114. The fraction of sp³-hybridized carbons (Fsp3) is 0.471. The van der Waals surface area contributed by atoms with Gasteiger partial charge in [-0.3, -0.25) is 19.3 Å². The maximum atomic E-state index is 12.2. The summed E-state index contributed by atoms with van der Waals surface area (Å²) >= 11 is 0. The Morgan fingerprint density at radius 2 is 1.83 bits per heavy atom. The van der Waals surface area contributed by atoms with Crippen LogP contribution in [0.3, 0.4) is 0 Å². The van der Waals surface area contributed by atoms with Gasteiger partial charge in [0.05, 0.1) is 12.5 Å². The van der Waals surface area contributed by atoms with E-state index in [2.05, 4.69) is 10.6 Å². The predicted molar refractivity (Wildman–Crippen MR) is 92.7 cm³/mol. The van der Waals surface area contributed by atoms with E-state index in [1.54, 1.807) is 0 Å². The molecule has 130 valence electrons. The highest BCUT2D eigenvalue weighted by Crippen LogP contribution is 2.18. The smallest absolute Gasteiger partial charge is 0.229 e. The maximum Gasteiger partial charge on any atom is 0.229 e. The number of hydrogen-bond acceptors (Lipinski definition) is 4. The number of benzene rings is 1. The van der Waals surface area contributed by atoms with Crippen molar-refractivity contribution in [2.45, 2.75) is 32.2 Å². The lowest BCUT2D eigenvalue weighted by atomic mass is 9.99. The normalized spacial score (nSPS) is 20.7. The molecular weight excluding hydrogens is 330 g/mol. The Labute approximate surface area is 147 Å². The number of amides is 3. The number of carbonyl (C=O) groups is 3. The summed E-state index contributed by atoms with van der Waals surface area (Å²) in [5.41, 5.74) is 1.62. The molecule has 0 spiro atoms. The van der Waals surface area contributed by atoms with E-state index in [0.29, 0.717) is 19.4 Å². The van der Waals surface area contributed by atoms with Gasteiger partial charge in [-0.25, -0.2) is 0 Å². The molecule has 2 saturated heterocycles. The van der Waals surface area contributed by atoms with E-state index in [-0.39, 0.29) is 36.0 Å². The molecule has 2 N–H and O–H groups in total. The first-order valence-electron chi connectivity index (χ1n) is 8.07. The van der Waals surface area contributed by atoms with Gasteiger partial charge in [0.1, 0.15) is 0 Å². The molecular formula is C17H22ClN3O3. The van der Waals surface area contributed by atoms with Crippen molar-refractivity contribution in [2.24, 2.45) is 5.92 Å². The van der Waals surface area contributed by atoms with Crippen molar-refractivity contribution >= 4 is 35.8 Å². The van der Waals surface area contributed by atoms with E-state index >= 15 is 0 Å². The van der Waals surface area contributed by atoms with Crippen LogP contribution >= 0.6 is 12.4 Å². The third kappa shape index (κ3) is 4.33. The summed E-state index contributed by atoms with van der Waals surface area (Å²) in [6, 6.07) is 7.31. The Bertz CT molecular complexity index is 596. The summed E-state index contributed by atoms with van der Waals surface area (Å²) in [6.07, 6.45) is 2.55. The van der Waals surface area contributed by atoms with Crippen molar-refractivity contribution in [3.05, 3.63) is 29.8 Å². The van der Waals surface area contributed by atoms with Crippen LogP contribution in [0.1, 0.15) is 31.2 Å². The molecule has 0 aromatic heterocycles. The van der Waals surface area contributed by atoms with Gasteiger partial charge in [0.2, 0.25) is 17.7 Å². The molecule has 2 heterocycles. The van der Waals surface area contributed by atoms with Crippen LogP contribution in [0, 0.1) is 5.92 Å². The molecule has 1 aromatic carbocycles. The van der Waals surface area contributed by atoms with E-state index in [1.165, 1.54) is 4.90 Å². The van der Waals surface area contributed by atoms with E-state index < -0.39 is 0 Å².